The summed E-state index contributed by atoms with van der Waals surface area (Å²) < 4.78 is 22.2. The highest BCUT2D eigenvalue weighted by atomic mass is 16.5. The summed E-state index contributed by atoms with van der Waals surface area (Å²) in [6, 6.07) is 17.7. The molecule has 0 bridgehead atoms. The maximum atomic E-state index is 12.9. The number of carbonyl (C=O) groups excluding carboxylic acids is 1. The van der Waals surface area contributed by atoms with E-state index in [1.807, 2.05) is 13.8 Å². The standard InChI is InChI=1S/C27H24O6/c1-4-30-27(29)19-7-9-21(10-8-19)33-25-16-32-24-14-22(11-12-23(24)26(25)28)31-15-20-13-17(2)5-6-18(20)3/h5-14,16H,4,15H2,1-3H3. The van der Waals surface area contributed by atoms with Crippen molar-refractivity contribution in [2.75, 3.05) is 6.61 Å². The van der Waals surface area contributed by atoms with E-state index in [1.54, 1.807) is 49.4 Å². The molecule has 0 spiro atoms. The molecule has 33 heavy (non-hydrogen) atoms. The van der Waals surface area contributed by atoms with E-state index in [2.05, 4.69) is 18.2 Å². The molecule has 0 N–H and O–H groups in total. The van der Waals surface area contributed by atoms with Crippen LogP contribution in [-0.2, 0) is 11.3 Å². The zero-order chi connectivity index (χ0) is 23.4. The summed E-state index contributed by atoms with van der Waals surface area (Å²) in [5.41, 5.74) is 3.95. The Morgan fingerprint density at radius 2 is 1.70 bits per heavy atom. The van der Waals surface area contributed by atoms with Crippen molar-refractivity contribution in [2.45, 2.75) is 27.4 Å². The molecule has 0 aliphatic rings. The Kier molecular flexibility index (Phi) is 6.45. The van der Waals surface area contributed by atoms with Gasteiger partial charge in [-0.1, -0.05) is 23.8 Å². The molecule has 0 aliphatic heterocycles. The molecule has 4 rings (SSSR count). The molecule has 0 amide bonds. The van der Waals surface area contributed by atoms with Crippen molar-refractivity contribution < 1.29 is 23.4 Å². The molecule has 3 aromatic carbocycles. The van der Waals surface area contributed by atoms with E-state index in [0.717, 1.165) is 11.1 Å². The number of fused-ring (bicyclic) bond motifs is 1. The number of rotatable bonds is 7. The average molecular weight is 444 g/mol. The minimum absolute atomic E-state index is 0.0513. The number of esters is 1. The minimum atomic E-state index is -0.412. The number of hydrogen-bond donors (Lipinski definition) is 0. The van der Waals surface area contributed by atoms with Gasteiger partial charge in [0.2, 0.25) is 11.2 Å². The van der Waals surface area contributed by atoms with Gasteiger partial charge in [0.15, 0.2) is 0 Å². The first-order valence-corrected chi connectivity index (χ1v) is 10.6. The third kappa shape index (κ3) is 5.06. The largest absolute Gasteiger partial charge is 0.489 e. The highest BCUT2D eigenvalue weighted by molar-refractivity contribution is 5.89. The molecule has 1 aromatic heterocycles. The molecular formula is C27H24O6. The third-order valence-electron chi connectivity index (χ3n) is 5.21. The van der Waals surface area contributed by atoms with E-state index >= 15 is 0 Å². The first-order valence-electron chi connectivity index (χ1n) is 10.6. The van der Waals surface area contributed by atoms with E-state index in [9.17, 15) is 9.59 Å². The van der Waals surface area contributed by atoms with Gasteiger partial charge in [0.1, 0.15) is 30.0 Å². The molecule has 1 heterocycles. The molecule has 0 unspecified atom stereocenters. The number of ether oxygens (including phenoxy) is 3. The van der Waals surface area contributed by atoms with Gasteiger partial charge in [0, 0.05) is 6.07 Å². The van der Waals surface area contributed by atoms with Crippen LogP contribution in [0.15, 0.2) is 76.1 Å². The zero-order valence-electron chi connectivity index (χ0n) is 18.7. The van der Waals surface area contributed by atoms with E-state index in [4.69, 9.17) is 18.6 Å². The summed E-state index contributed by atoms with van der Waals surface area (Å²) in [5.74, 6) is 0.651. The smallest absolute Gasteiger partial charge is 0.338 e. The summed E-state index contributed by atoms with van der Waals surface area (Å²) in [5, 5.41) is 0.384. The zero-order valence-corrected chi connectivity index (χ0v) is 18.7. The third-order valence-corrected chi connectivity index (χ3v) is 5.21. The second-order valence-corrected chi connectivity index (χ2v) is 7.65. The average Bonchev–Trinajstić information content (AvgIpc) is 2.82. The van der Waals surface area contributed by atoms with E-state index < -0.39 is 5.97 Å². The van der Waals surface area contributed by atoms with Crippen LogP contribution in [-0.4, -0.2) is 12.6 Å². The van der Waals surface area contributed by atoms with Crippen molar-refractivity contribution in [3.63, 3.8) is 0 Å². The predicted molar refractivity (Wildman–Crippen MR) is 125 cm³/mol. The Balaban J connectivity index is 1.50. The summed E-state index contributed by atoms with van der Waals surface area (Å²) >= 11 is 0. The van der Waals surface area contributed by atoms with Crippen LogP contribution in [0.1, 0.15) is 34.0 Å². The van der Waals surface area contributed by atoms with Crippen LogP contribution in [0.2, 0.25) is 0 Å². The second kappa shape index (κ2) is 9.61. The van der Waals surface area contributed by atoms with Crippen LogP contribution in [0.5, 0.6) is 17.2 Å². The molecular weight excluding hydrogens is 420 g/mol. The van der Waals surface area contributed by atoms with Gasteiger partial charge in [-0.25, -0.2) is 4.79 Å². The number of carbonyl (C=O) groups is 1. The highest BCUT2D eigenvalue weighted by Gasteiger charge is 2.12. The van der Waals surface area contributed by atoms with Crippen LogP contribution in [0.4, 0.5) is 0 Å². The SMILES string of the molecule is CCOC(=O)c1ccc(Oc2coc3cc(OCc4cc(C)ccc4C)ccc3c2=O)cc1. The van der Waals surface area contributed by atoms with Gasteiger partial charge in [-0.3, -0.25) is 4.79 Å². The van der Waals surface area contributed by atoms with E-state index in [-0.39, 0.29) is 11.2 Å². The molecule has 0 atom stereocenters. The van der Waals surface area contributed by atoms with Gasteiger partial charge >= 0.3 is 5.97 Å². The van der Waals surface area contributed by atoms with Crippen LogP contribution >= 0.6 is 0 Å². The molecule has 0 saturated carbocycles. The lowest BCUT2D eigenvalue weighted by atomic mass is 10.1. The van der Waals surface area contributed by atoms with Crippen molar-refractivity contribution in [3.8, 4) is 17.2 Å². The summed E-state index contributed by atoms with van der Waals surface area (Å²) in [7, 11) is 0. The fourth-order valence-corrected chi connectivity index (χ4v) is 3.37. The predicted octanol–water partition coefficient (Wildman–Crippen LogP) is 5.96. The molecule has 6 heteroatoms. The Labute approximate surface area is 191 Å². The normalized spacial score (nSPS) is 10.8. The molecule has 4 aromatic rings. The van der Waals surface area contributed by atoms with Gasteiger partial charge < -0.3 is 18.6 Å². The number of hydrogen-bond acceptors (Lipinski definition) is 6. The summed E-state index contributed by atoms with van der Waals surface area (Å²) in [4.78, 5) is 24.6. The first-order chi connectivity index (χ1) is 15.9. The molecule has 6 nitrogen and oxygen atoms in total. The fraction of sp³-hybridized carbons (Fsp3) is 0.185. The van der Waals surface area contributed by atoms with Crippen LogP contribution in [0.25, 0.3) is 11.0 Å². The minimum Gasteiger partial charge on any atom is -0.489 e. The lowest BCUT2D eigenvalue weighted by Gasteiger charge is -2.10. The topological polar surface area (TPSA) is 75.0 Å². The maximum Gasteiger partial charge on any atom is 0.338 e. The van der Waals surface area contributed by atoms with E-state index in [0.29, 0.717) is 41.2 Å². The Bertz CT molecular complexity index is 1350. The summed E-state index contributed by atoms with van der Waals surface area (Å²) in [6.07, 6.45) is 1.28. The van der Waals surface area contributed by atoms with Crippen LogP contribution in [0.3, 0.4) is 0 Å². The van der Waals surface area contributed by atoms with Gasteiger partial charge in [0.05, 0.1) is 17.6 Å². The van der Waals surface area contributed by atoms with Crippen LogP contribution in [0, 0.1) is 13.8 Å². The molecule has 0 fully saturated rings. The van der Waals surface area contributed by atoms with Crippen molar-refractivity contribution >= 4 is 16.9 Å². The van der Waals surface area contributed by atoms with Gasteiger partial charge in [-0.2, -0.15) is 0 Å². The lowest BCUT2D eigenvalue weighted by Crippen LogP contribution is -2.06. The second-order valence-electron chi connectivity index (χ2n) is 7.65. The summed E-state index contributed by atoms with van der Waals surface area (Å²) in [6.45, 7) is 6.56. The Morgan fingerprint density at radius 3 is 2.45 bits per heavy atom. The van der Waals surface area contributed by atoms with Crippen molar-refractivity contribution in [1.82, 2.24) is 0 Å². The highest BCUT2D eigenvalue weighted by Crippen LogP contribution is 2.25. The quantitative estimate of drug-likeness (QED) is 0.328. The first kappa shape index (κ1) is 22.1. The Morgan fingerprint density at radius 1 is 0.939 bits per heavy atom. The van der Waals surface area contributed by atoms with Crippen molar-refractivity contribution in [3.05, 3.63) is 99.4 Å². The molecule has 0 saturated heterocycles. The van der Waals surface area contributed by atoms with Gasteiger partial charge in [0.25, 0.3) is 0 Å². The van der Waals surface area contributed by atoms with Gasteiger partial charge in [-0.05, 0) is 68.3 Å². The van der Waals surface area contributed by atoms with Crippen molar-refractivity contribution in [2.24, 2.45) is 0 Å². The lowest BCUT2D eigenvalue weighted by molar-refractivity contribution is 0.0526. The monoisotopic (exact) mass is 444 g/mol. The van der Waals surface area contributed by atoms with Crippen molar-refractivity contribution in [1.29, 1.82) is 0 Å². The maximum absolute atomic E-state index is 12.9. The number of aryl methyl sites for hydroxylation is 2. The van der Waals surface area contributed by atoms with Crippen LogP contribution < -0.4 is 14.9 Å². The van der Waals surface area contributed by atoms with Gasteiger partial charge in [-0.15, -0.1) is 0 Å². The number of benzene rings is 3. The fourth-order valence-electron chi connectivity index (χ4n) is 3.37. The van der Waals surface area contributed by atoms with E-state index in [1.165, 1.54) is 11.8 Å². The molecule has 168 valence electrons. The molecule has 0 aliphatic carbocycles. The Hall–Kier alpha value is -4.06. The molecule has 0 radical (unpaired) electrons.